The molecule has 1 atom stereocenters. The molecule has 6 heteroatoms. The van der Waals surface area contributed by atoms with Gasteiger partial charge < -0.3 is 9.64 Å². The van der Waals surface area contributed by atoms with Gasteiger partial charge in [-0.2, -0.15) is 23.1 Å². The van der Waals surface area contributed by atoms with Gasteiger partial charge in [0.15, 0.2) is 0 Å². The van der Waals surface area contributed by atoms with Crippen LogP contribution in [0.5, 0.6) is 0 Å². The van der Waals surface area contributed by atoms with Gasteiger partial charge in [0.25, 0.3) is 5.91 Å². The molecule has 2 saturated heterocycles. The van der Waals surface area contributed by atoms with Crippen molar-refractivity contribution >= 4 is 29.0 Å². The largest absolute Gasteiger partial charge is 0.379 e. The van der Waals surface area contributed by atoms with Gasteiger partial charge in [0.05, 0.1) is 24.8 Å². The van der Waals surface area contributed by atoms with E-state index in [0.717, 1.165) is 62.9 Å². The molecule has 1 unspecified atom stereocenters. The Labute approximate surface area is 134 Å². The van der Waals surface area contributed by atoms with Crippen LogP contribution in [0, 0.1) is 0 Å². The summed E-state index contributed by atoms with van der Waals surface area (Å²) in [4.78, 5) is 17.3. The van der Waals surface area contributed by atoms with Crippen molar-refractivity contribution in [2.75, 3.05) is 50.9 Å². The molecule has 1 aromatic heterocycles. The first-order valence-electron chi connectivity index (χ1n) is 7.55. The third-order valence-corrected chi connectivity index (χ3v) is 5.92. The lowest BCUT2D eigenvalue weighted by Crippen LogP contribution is -2.50. The van der Waals surface area contributed by atoms with Crippen LogP contribution < -0.4 is 0 Å². The third kappa shape index (κ3) is 4.00. The van der Waals surface area contributed by atoms with Crippen LogP contribution >= 0.6 is 23.1 Å². The number of carbonyl (C=O) groups excluding carboxylic acids is 1. The van der Waals surface area contributed by atoms with E-state index in [1.165, 1.54) is 0 Å². The molecule has 0 aromatic carbocycles. The highest BCUT2D eigenvalue weighted by Crippen LogP contribution is 2.21. The van der Waals surface area contributed by atoms with Crippen LogP contribution in [0.4, 0.5) is 0 Å². The Hall–Kier alpha value is -0.560. The topological polar surface area (TPSA) is 32.8 Å². The molecule has 2 fully saturated rings. The molecule has 0 spiro atoms. The minimum Gasteiger partial charge on any atom is -0.379 e. The minimum atomic E-state index is 0.206. The summed E-state index contributed by atoms with van der Waals surface area (Å²) in [6, 6.07) is 2.26. The number of amides is 1. The van der Waals surface area contributed by atoms with Crippen molar-refractivity contribution < 1.29 is 9.53 Å². The second kappa shape index (κ2) is 7.63. The van der Waals surface area contributed by atoms with Crippen molar-refractivity contribution in [3.05, 3.63) is 22.4 Å². The van der Waals surface area contributed by atoms with Gasteiger partial charge in [-0.15, -0.1) is 0 Å². The number of hydrogen-bond acceptors (Lipinski definition) is 5. The molecule has 0 N–H and O–H groups in total. The van der Waals surface area contributed by atoms with Crippen molar-refractivity contribution in [3.63, 3.8) is 0 Å². The minimum absolute atomic E-state index is 0.206. The molecule has 4 nitrogen and oxygen atoms in total. The highest BCUT2D eigenvalue weighted by atomic mass is 32.2. The zero-order valence-corrected chi connectivity index (χ0v) is 13.8. The van der Waals surface area contributed by atoms with Crippen molar-refractivity contribution in [3.8, 4) is 0 Å². The summed E-state index contributed by atoms with van der Waals surface area (Å²) in [5.41, 5.74) is 0.846. The lowest BCUT2D eigenvalue weighted by Gasteiger charge is -2.35. The van der Waals surface area contributed by atoms with Crippen LogP contribution in [0.25, 0.3) is 0 Å². The van der Waals surface area contributed by atoms with Crippen molar-refractivity contribution in [1.29, 1.82) is 0 Å². The first-order valence-corrected chi connectivity index (χ1v) is 9.65. The third-order valence-electron chi connectivity index (χ3n) is 4.04. The SMILES string of the molecule is O=C(c1ccsc1)N1CCCSCC1CN1CCOCC1. The molecule has 1 amide bonds. The number of thioether (sulfide) groups is 1. The average molecular weight is 326 g/mol. The summed E-state index contributed by atoms with van der Waals surface area (Å²) in [5.74, 6) is 2.41. The Kier molecular flexibility index (Phi) is 5.57. The Bertz CT molecular complexity index is 447. The highest BCUT2D eigenvalue weighted by Gasteiger charge is 2.28. The Balaban J connectivity index is 1.69. The lowest BCUT2D eigenvalue weighted by molar-refractivity contribution is 0.0245. The number of morpholine rings is 1. The van der Waals surface area contributed by atoms with E-state index in [1.807, 2.05) is 28.6 Å². The number of rotatable bonds is 3. The zero-order chi connectivity index (χ0) is 14.5. The summed E-state index contributed by atoms with van der Waals surface area (Å²) in [7, 11) is 0. The summed E-state index contributed by atoms with van der Waals surface area (Å²) in [5, 5.41) is 3.95. The van der Waals surface area contributed by atoms with Crippen LogP contribution in [0.2, 0.25) is 0 Å². The molecule has 3 rings (SSSR count). The second-order valence-corrected chi connectivity index (χ2v) is 7.44. The summed E-state index contributed by atoms with van der Waals surface area (Å²) in [6.45, 7) is 5.48. The normalized spacial score (nSPS) is 24.8. The number of thiophene rings is 1. The van der Waals surface area contributed by atoms with Crippen LogP contribution in [-0.4, -0.2) is 72.6 Å². The fourth-order valence-corrected chi connectivity index (χ4v) is 4.57. The standard InChI is InChI=1S/C15H22N2O2S2/c18-15(13-2-9-21-11-13)17-3-1-8-20-12-14(17)10-16-4-6-19-7-5-16/h2,9,11,14H,1,3-8,10,12H2. The van der Waals surface area contributed by atoms with Gasteiger partial charge >= 0.3 is 0 Å². The maximum atomic E-state index is 12.7. The smallest absolute Gasteiger partial charge is 0.255 e. The van der Waals surface area contributed by atoms with E-state index in [2.05, 4.69) is 9.80 Å². The zero-order valence-electron chi connectivity index (χ0n) is 12.2. The fraction of sp³-hybridized carbons (Fsp3) is 0.667. The Morgan fingerprint density at radius 1 is 1.33 bits per heavy atom. The van der Waals surface area contributed by atoms with Crippen LogP contribution in [0.3, 0.4) is 0 Å². The van der Waals surface area contributed by atoms with Gasteiger partial charge in [-0.1, -0.05) is 0 Å². The van der Waals surface area contributed by atoms with Crippen LogP contribution in [0.1, 0.15) is 16.8 Å². The molecule has 2 aliphatic rings. The molecule has 0 bridgehead atoms. The molecule has 0 aliphatic carbocycles. The van der Waals surface area contributed by atoms with E-state index in [4.69, 9.17) is 4.74 Å². The first kappa shape index (κ1) is 15.3. The van der Waals surface area contributed by atoms with E-state index in [9.17, 15) is 4.79 Å². The van der Waals surface area contributed by atoms with Gasteiger partial charge in [-0.05, 0) is 23.6 Å². The van der Waals surface area contributed by atoms with E-state index < -0.39 is 0 Å². The first-order chi connectivity index (χ1) is 10.3. The molecular weight excluding hydrogens is 304 g/mol. The molecule has 2 aliphatic heterocycles. The van der Waals surface area contributed by atoms with Crippen molar-refractivity contribution in [1.82, 2.24) is 9.80 Å². The molecule has 0 saturated carbocycles. The van der Waals surface area contributed by atoms with Gasteiger partial charge in [0.2, 0.25) is 0 Å². The monoisotopic (exact) mass is 326 g/mol. The number of nitrogens with zero attached hydrogens (tertiary/aromatic N) is 2. The Morgan fingerprint density at radius 2 is 2.19 bits per heavy atom. The molecule has 116 valence electrons. The highest BCUT2D eigenvalue weighted by molar-refractivity contribution is 7.99. The fourth-order valence-electron chi connectivity index (χ4n) is 2.88. The van der Waals surface area contributed by atoms with Crippen molar-refractivity contribution in [2.45, 2.75) is 12.5 Å². The molecule has 1 aromatic rings. The van der Waals surface area contributed by atoms with Gasteiger partial charge in [0.1, 0.15) is 0 Å². The van der Waals surface area contributed by atoms with E-state index in [0.29, 0.717) is 6.04 Å². The van der Waals surface area contributed by atoms with E-state index >= 15 is 0 Å². The summed E-state index contributed by atoms with van der Waals surface area (Å²) in [6.07, 6.45) is 1.10. The quantitative estimate of drug-likeness (QED) is 0.851. The molecule has 3 heterocycles. The maximum absolute atomic E-state index is 12.7. The molecular formula is C15H22N2O2S2. The second-order valence-electron chi connectivity index (χ2n) is 5.51. The van der Waals surface area contributed by atoms with Crippen LogP contribution in [-0.2, 0) is 4.74 Å². The van der Waals surface area contributed by atoms with Crippen LogP contribution in [0.15, 0.2) is 16.8 Å². The average Bonchev–Trinajstić information content (AvgIpc) is 2.96. The lowest BCUT2D eigenvalue weighted by atomic mass is 10.2. The number of carbonyl (C=O) groups is 1. The summed E-state index contributed by atoms with van der Waals surface area (Å²) >= 11 is 3.58. The predicted molar refractivity (Wildman–Crippen MR) is 88.3 cm³/mol. The molecule has 0 radical (unpaired) electrons. The van der Waals surface area contributed by atoms with Gasteiger partial charge in [-0.25, -0.2) is 0 Å². The predicted octanol–water partition coefficient (Wildman–Crippen LogP) is 2.03. The van der Waals surface area contributed by atoms with Gasteiger partial charge in [-0.3, -0.25) is 9.69 Å². The number of ether oxygens (including phenoxy) is 1. The summed E-state index contributed by atoms with van der Waals surface area (Å²) < 4.78 is 5.42. The van der Waals surface area contributed by atoms with Crippen molar-refractivity contribution in [2.24, 2.45) is 0 Å². The van der Waals surface area contributed by atoms with E-state index in [1.54, 1.807) is 11.3 Å². The van der Waals surface area contributed by atoms with Gasteiger partial charge in [0, 0.05) is 37.3 Å². The number of hydrogen-bond donors (Lipinski definition) is 0. The maximum Gasteiger partial charge on any atom is 0.255 e. The van der Waals surface area contributed by atoms with E-state index in [-0.39, 0.29) is 5.91 Å². The Morgan fingerprint density at radius 3 is 2.95 bits per heavy atom. The molecule has 21 heavy (non-hydrogen) atoms.